The quantitative estimate of drug-likeness (QED) is 0.615. The highest BCUT2D eigenvalue weighted by Gasteiger charge is 2.47. The van der Waals surface area contributed by atoms with E-state index in [1.54, 1.807) is 11.3 Å². The van der Waals surface area contributed by atoms with Crippen molar-refractivity contribution < 1.29 is 9.59 Å². The number of hydrogen-bond acceptors (Lipinski definition) is 3. The van der Waals surface area contributed by atoms with Gasteiger partial charge in [0.1, 0.15) is 0 Å². The summed E-state index contributed by atoms with van der Waals surface area (Å²) in [6.07, 6.45) is 11.4. The smallest absolute Gasteiger partial charge is 0.254 e. The second kappa shape index (κ2) is 9.15. The minimum Gasteiger partial charge on any atom is -0.353 e. The predicted molar refractivity (Wildman–Crippen MR) is 124 cm³/mol. The van der Waals surface area contributed by atoms with E-state index in [4.69, 9.17) is 0 Å². The van der Waals surface area contributed by atoms with Crippen molar-refractivity contribution in [2.45, 2.75) is 88.3 Å². The van der Waals surface area contributed by atoms with E-state index in [-0.39, 0.29) is 35.9 Å². The van der Waals surface area contributed by atoms with Crippen LogP contribution in [0.1, 0.15) is 97.0 Å². The van der Waals surface area contributed by atoms with E-state index in [0.717, 1.165) is 49.0 Å². The lowest BCUT2D eigenvalue weighted by Crippen LogP contribution is -2.51. The van der Waals surface area contributed by atoms with Crippen LogP contribution in [0.2, 0.25) is 0 Å². The number of amides is 2. The molecular weight excluding hydrogens is 404 g/mol. The molecule has 2 heterocycles. The number of thiophene rings is 1. The number of carbonyl (C=O) groups excluding carboxylic acids is 2. The summed E-state index contributed by atoms with van der Waals surface area (Å²) < 4.78 is 0. The summed E-state index contributed by atoms with van der Waals surface area (Å²) in [5.74, 6) is -0.163. The van der Waals surface area contributed by atoms with E-state index < -0.39 is 0 Å². The summed E-state index contributed by atoms with van der Waals surface area (Å²) in [6, 6.07) is 12.2. The molecule has 2 aliphatic carbocycles. The highest BCUT2D eigenvalue weighted by Crippen LogP contribution is 2.47. The van der Waals surface area contributed by atoms with Crippen molar-refractivity contribution in [1.29, 1.82) is 0 Å². The first-order valence-electron chi connectivity index (χ1n) is 12.0. The molecule has 2 aromatic rings. The number of benzene rings is 1. The number of hydrogen-bond donors (Lipinski definition) is 1. The first-order valence-corrected chi connectivity index (χ1v) is 12.9. The third-order valence-electron chi connectivity index (χ3n) is 7.41. The van der Waals surface area contributed by atoms with Crippen molar-refractivity contribution in [3.05, 3.63) is 57.8 Å². The normalized spacial score (nSPS) is 25.3. The molecule has 0 spiro atoms. The molecule has 1 aromatic heterocycles. The molecule has 1 aliphatic heterocycles. The Hall–Kier alpha value is -2.14. The summed E-state index contributed by atoms with van der Waals surface area (Å²) in [7, 11) is 0. The molecule has 0 saturated heterocycles. The fraction of sp³-hybridized carbons (Fsp3) is 0.538. The first-order chi connectivity index (χ1) is 15.2. The van der Waals surface area contributed by atoms with Crippen molar-refractivity contribution in [2.75, 3.05) is 0 Å². The van der Waals surface area contributed by atoms with Gasteiger partial charge in [0.2, 0.25) is 5.91 Å². The van der Waals surface area contributed by atoms with Gasteiger partial charge in [0.15, 0.2) is 0 Å². The van der Waals surface area contributed by atoms with Crippen molar-refractivity contribution in [1.82, 2.24) is 10.2 Å². The van der Waals surface area contributed by atoms with Gasteiger partial charge < -0.3 is 10.2 Å². The Morgan fingerprint density at radius 2 is 1.61 bits per heavy atom. The highest BCUT2D eigenvalue weighted by atomic mass is 32.1. The molecule has 1 aromatic carbocycles. The molecule has 164 valence electrons. The zero-order valence-corrected chi connectivity index (χ0v) is 18.9. The molecule has 0 radical (unpaired) electrons. The van der Waals surface area contributed by atoms with Crippen LogP contribution in [0, 0.1) is 0 Å². The van der Waals surface area contributed by atoms with Crippen LogP contribution in [0.25, 0.3) is 0 Å². The van der Waals surface area contributed by atoms with E-state index in [1.165, 1.54) is 25.7 Å². The largest absolute Gasteiger partial charge is 0.353 e. The lowest BCUT2D eigenvalue weighted by Gasteiger charge is -2.44. The van der Waals surface area contributed by atoms with Crippen LogP contribution in [-0.4, -0.2) is 28.8 Å². The number of nitrogens with one attached hydrogen (secondary N) is 1. The fourth-order valence-corrected chi connectivity index (χ4v) is 6.76. The van der Waals surface area contributed by atoms with Gasteiger partial charge in [-0.25, -0.2) is 0 Å². The second-order valence-electron chi connectivity index (χ2n) is 9.37. The summed E-state index contributed by atoms with van der Waals surface area (Å²) >= 11 is 1.67. The van der Waals surface area contributed by atoms with E-state index in [0.29, 0.717) is 5.56 Å². The third-order valence-corrected chi connectivity index (χ3v) is 8.36. The maximum atomic E-state index is 13.9. The average Bonchev–Trinajstić information content (AvgIpc) is 3.45. The monoisotopic (exact) mass is 436 g/mol. The lowest BCUT2D eigenvalue weighted by molar-refractivity contribution is -0.125. The Morgan fingerprint density at radius 1 is 0.903 bits per heavy atom. The summed E-state index contributed by atoms with van der Waals surface area (Å²) in [5, 5.41) is 5.48. The second-order valence-corrected chi connectivity index (χ2v) is 10.4. The Labute approximate surface area is 189 Å². The van der Waals surface area contributed by atoms with Crippen LogP contribution in [0.5, 0.6) is 0 Å². The topological polar surface area (TPSA) is 49.4 Å². The summed E-state index contributed by atoms with van der Waals surface area (Å²) in [4.78, 5) is 30.8. The molecule has 2 unspecified atom stereocenters. The third kappa shape index (κ3) is 4.05. The SMILES string of the molecule is O=C(NC1CCCCCC1)C1c2ccccc2C(=O)N(C2CCCC2)C1c1cccs1. The van der Waals surface area contributed by atoms with Gasteiger partial charge in [0.25, 0.3) is 5.91 Å². The van der Waals surface area contributed by atoms with Gasteiger partial charge in [0, 0.05) is 22.5 Å². The molecule has 2 fully saturated rings. The number of nitrogens with zero attached hydrogens (tertiary/aromatic N) is 1. The minimum atomic E-state index is -0.351. The van der Waals surface area contributed by atoms with E-state index in [9.17, 15) is 9.59 Å². The van der Waals surface area contributed by atoms with Gasteiger partial charge in [-0.1, -0.05) is 62.8 Å². The van der Waals surface area contributed by atoms with Crippen LogP contribution in [0.3, 0.4) is 0 Å². The standard InChI is InChI=1S/C26H32N2O2S/c29-25(27-18-10-3-1-2-4-11-18)23-20-14-7-8-15-21(20)26(30)28(19-12-5-6-13-19)24(23)22-16-9-17-31-22/h7-9,14-19,23-24H,1-6,10-13H2,(H,27,29). The Kier molecular flexibility index (Phi) is 6.13. The summed E-state index contributed by atoms with van der Waals surface area (Å²) in [6.45, 7) is 0. The molecule has 2 atom stereocenters. The van der Waals surface area contributed by atoms with Gasteiger partial charge >= 0.3 is 0 Å². The van der Waals surface area contributed by atoms with Gasteiger partial charge in [-0.3, -0.25) is 9.59 Å². The molecule has 31 heavy (non-hydrogen) atoms. The van der Waals surface area contributed by atoms with Gasteiger partial charge in [-0.05, 0) is 48.8 Å². The molecule has 5 heteroatoms. The molecule has 4 nitrogen and oxygen atoms in total. The molecular formula is C26H32N2O2S. The fourth-order valence-electron chi connectivity index (χ4n) is 5.89. The minimum absolute atomic E-state index is 0.0910. The van der Waals surface area contributed by atoms with Crippen LogP contribution in [-0.2, 0) is 4.79 Å². The number of fused-ring (bicyclic) bond motifs is 1. The van der Waals surface area contributed by atoms with Crippen LogP contribution < -0.4 is 5.32 Å². The van der Waals surface area contributed by atoms with Crippen molar-refractivity contribution >= 4 is 23.2 Å². The van der Waals surface area contributed by atoms with Crippen molar-refractivity contribution in [2.24, 2.45) is 0 Å². The molecule has 2 amide bonds. The Balaban J connectivity index is 1.56. The Bertz CT molecular complexity index is 911. The maximum absolute atomic E-state index is 13.9. The first kappa shape index (κ1) is 20.7. The average molecular weight is 437 g/mol. The molecule has 3 aliphatic rings. The van der Waals surface area contributed by atoms with E-state index in [2.05, 4.69) is 21.7 Å². The van der Waals surface area contributed by atoms with E-state index >= 15 is 0 Å². The lowest BCUT2D eigenvalue weighted by atomic mass is 9.80. The predicted octanol–water partition coefficient (Wildman–Crippen LogP) is 5.81. The highest BCUT2D eigenvalue weighted by molar-refractivity contribution is 7.10. The summed E-state index contributed by atoms with van der Waals surface area (Å²) in [5.41, 5.74) is 1.61. The van der Waals surface area contributed by atoms with Crippen molar-refractivity contribution in [3.63, 3.8) is 0 Å². The van der Waals surface area contributed by atoms with Crippen LogP contribution >= 0.6 is 11.3 Å². The van der Waals surface area contributed by atoms with Crippen LogP contribution in [0.4, 0.5) is 0 Å². The van der Waals surface area contributed by atoms with Crippen molar-refractivity contribution in [3.8, 4) is 0 Å². The number of carbonyl (C=O) groups is 2. The maximum Gasteiger partial charge on any atom is 0.254 e. The zero-order chi connectivity index (χ0) is 21.2. The molecule has 2 saturated carbocycles. The van der Waals surface area contributed by atoms with Crippen LogP contribution in [0.15, 0.2) is 41.8 Å². The Morgan fingerprint density at radius 3 is 2.32 bits per heavy atom. The molecule has 5 rings (SSSR count). The molecule has 0 bridgehead atoms. The zero-order valence-electron chi connectivity index (χ0n) is 18.1. The van der Waals surface area contributed by atoms with E-state index in [1.807, 2.05) is 30.3 Å². The molecule has 1 N–H and O–H groups in total. The van der Waals surface area contributed by atoms with Gasteiger partial charge in [-0.15, -0.1) is 11.3 Å². The van der Waals surface area contributed by atoms with Gasteiger partial charge in [0.05, 0.1) is 12.0 Å². The number of rotatable bonds is 4. The van der Waals surface area contributed by atoms with Gasteiger partial charge in [-0.2, -0.15) is 0 Å².